The van der Waals surface area contributed by atoms with Crippen LogP contribution in [0.3, 0.4) is 0 Å². The molecule has 0 bridgehead atoms. The van der Waals surface area contributed by atoms with E-state index in [9.17, 15) is 0 Å². The van der Waals surface area contributed by atoms with Crippen LogP contribution < -0.4 is 14.8 Å². The van der Waals surface area contributed by atoms with Gasteiger partial charge in [-0.3, -0.25) is 0 Å². The molecule has 1 atom stereocenters. The summed E-state index contributed by atoms with van der Waals surface area (Å²) >= 11 is 0. The van der Waals surface area contributed by atoms with Crippen LogP contribution in [0, 0.1) is 0 Å². The van der Waals surface area contributed by atoms with Gasteiger partial charge in [-0.1, -0.05) is 0 Å². The van der Waals surface area contributed by atoms with Crippen molar-refractivity contribution >= 4 is 0 Å². The Balaban J connectivity index is 1.87. The first-order valence-corrected chi connectivity index (χ1v) is 6.77. The average Bonchev–Trinajstić information content (AvgIpc) is 2.78. The van der Waals surface area contributed by atoms with Crippen LogP contribution in [-0.2, 0) is 16.0 Å². The first-order chi connectivity index (χ1) is 9.54. The van der Waals surface area contributed by atoms with Crippen LogP contribution in [0.4, 0.5) is 0 Å². The molecule has 0 spiro atoms. The maximum absolute atomic E-state index is 5.75. The SMILES string of the molecule is COc1ccc(OC)c(CNCC2COC(C)(C)O2)c1. The smallest absolute Gasteiger partial charge is 0.163 e. The molecule has 112 valence electrons. The molecule has 0 amide bonds. The Morgan fingerprint density at radius 2 is 2.10 bits per heavy atom. The van der Waals surface area contributed by atoms with Gasteiger partial charge in [0.25, 0.3) is 0 Å². The minimum atomic E-state index is -0.472. The van der Waals surface area contributed by atoms with Crippen molar-refractivity contribution in [1.82, 2.24) is 5.32 Å². The Labute approximate surface area is 120 Å². The van der Waals surface area contributed by atoms with Crippen LogP contribution in [0.2, 0.25) is 0 Å². The Hall–Kier alpha value is -1.30. The van der Waals surface area contributed by atoms with E-state index in [0.29, 0.717) is 13.2 Å². The Kier molecular flexibility index (Phi) is 4.86. The monoisotopic (exact) mass is 281 g/mol. The highest BCUT2D eigenvalue weighted by Gasteiger charge is 2.32. The summed E-state index contributed by atoms with van der Waals surface area (Å²) in [5.74, 6) is 1.20. The predicted octanol–water partition coefficient (Wildman–Crippen LogP) is 1.94. The zero-order chi connectivity index (χ0) is 14.6. The lowest BCUT2D eigenvalue weighted by Gasteiger charge is -2.17. The molecule has 1 N–H and O–H groups in total. The molecule has 1 heterocycles. The lowest BCUT2D eigenvalue weighted by atomic mass is 10.2. The third-order valence-corrected chi connectivity index (χ3v) is 3.24. The highest BCUT2D eigenvalue weighted by Crippen LogP contribution is 2.24. The molecule has 0 aromatic heterocycles. The summed E-state index contributed by atoms with van der Waals surface area (Å²) in [5.41, 5.74) is 1.06. The molecule has 0 saturated carbocycles. The minimum Gasteiger partial charge on any atom is -0.497 e. The highest BCUT2D eigenvalue weighted by atomic mass is 16.7. The number of ether oxygens (including phenoxy) is 4. The number of rotatable bonds is 6. The van der Waals surface area contributed by atoms with Gasteiger partial charge >= 0.3 is 0 Å². The van der Waals surface area contributed by atoms with Crippen LogP contribution in [0.1, 0.15) is 19.4 Å². The molecule has 0 radical (unpaired) electrons. The predicted molar refractivity (Wildman–Crippen MR) is 76.2 cm³/mol. The van der Waals surface area contributed by atoms with Crippen molar-refractivity contribution < 1.29 is 18.9 Å². The fourth-order valence-electron chi connectivity index (χ4n) is 2.25. The molecule has 1 fully saturated rings. The van der Waals surface area contributed by atoms with Crippen LogP contribution in [0.5, 0.6) is 11.5 Å². The third kappa shape index (κ3) is 3.85. The maximum atomic E-state index is 5.75. The second-order valence-corrected chi connectivity index (χ2v) is 5.26. The number of methoxy groups -OCH3 is 2. The second-order valence-electron chi connectivity index (χ2n) is 5.26. The van der Waals surface area contributed by atoms with Gasteiger partial charge < -0.3 is 24.3 Å². The molecule has 1 aromatic carbocycles. The molecule has 0 aliphatic carbocycles. The zero-order valence-electron chi connectivity index (χ0n) is 12.6. The van der Waals surface area contributed by atoms with Gasteiger partial charge in [-0.15, -0.1) is 0 Å². The van der Waals surface area contributed by atoms with E-state index in [0.717, 1.165) is 23.6 Å². The van der Waals surface area contributed by atoms with Gasteiger partial charge in [0.05, 0.1) is 26.9 Å². The molecule has 2 rings (SSSR count). The normalized spacial score (nSPS) is 20.9. The number of nitrogens with one attached hydrogen (secondary N) is 1. The number of hydrogen-bond acceptors (Lipinski definition) is 5. The molecular formula is C15H23NO4. The van der Waals surface area contributed by atoms with E-state index in [1.807, 2.05) is 32.0 Å². The summed E-state index contributed by atoms with van der Waals surface area (Å²) in [6.45, 7) is 5.91. The van der Waals surface area contributed by atoms with E-state index in [4.69, 9.17) is 18.9 Å². The summed E-state index contributed by atoms with van der Waals surface area (Å²) in [5, 5.41) is 3.37. The van der Waals surface area contributed by atoms with Crippen LogP contribution >= 0.6 is 0 Å². The first kappa shape index (κ1) is 15.1. The van der Waals surface area contributed by atoms with Gasteiger partial charge in [-0.25, -0.2) is 0 Å². The Bertz CT molecular complexity index is 447. The molecule has 5 heteroatoms. The fourth-order valence-corrected chi connectivity index (χ4v) is 2.25. The maximum Gasteiger partial charge on any atom is 0.163 e. The van der Waals surface area contributed by atoms with Gasteiger partial charge in [0.15, 0.2) is 5.79 Å². The van der Waals surface area contributed by atoms with Crippen molar-refractivity contribution in [3.05, 3.63) is 23.8 Å². The van der Waals surface area contributed by atoms with Gasteiger partial charge in [-0.05, 0) is 32.0 Å². The highest BCUT2D eigenvalue weighted by molar-refractivity contribution is 5.40. The van der Waals surface area contributed by atoms with Gasteiger partial charge in [-0.2, -0.15) is 0 Å². The van der Waals surface area contributed by atoms with Crippen molar-refractivity contribution in [2.75, 3.05) is 27.4 Å². The summed E-state index contributed by atoms with van der Waals surface area (Å²) in [7, 11) is 3.33. The van der Waals surface area contributed by atoms with Crippen LogP contribution in [0.25, 0.3) is 0 Å². The van der Waals surface area contributed by atoms with Crippen molar-refractivity contribution in [1.29, 1.82) is 0 Å². The van der Waals surface area contributed by atoms with Gasteiger partial charge in [0.1, 0.15) is 11.5 Å². The minimum absolute atomic E-state index is 0.0848. The summed E-state index contributed by atoms with van der Waals surface area (Å²) < 4.78 is 21.9. The van der Waals surface area contributed by atoms with E-state index in [1.165, 1.54) is 0 Å². The van der Waals surface area contributed by atoms with Crippen molar-refractivity contribution in [3.8, 4) is 11.5 Å². The standard InChI is InChI=1S/C15H23NO4/c1-15(2)19-10-13(20-15)9-16-8-11-7-12(17-3)5-6-14(11)18-4/h5-7,13,16H,8-10H2,1-4H3. The van der Waals surface area contributed by atoms with Crippen molar-refractivity contribution in [3.63, 3.8) is 0 Å². The topological polar surface area (TPSA) is 49.0 Å². The van der Waals surface area contributed by atoms with Gasteiger partial charge in [0, 0.05) is 18.7 Å². The fraction of sp³-hybridized carbons (Fsp3) is 0.600. The Morgan fingerprint density at radius 1 is 1.30 bits per heavy atom. The molecular weight excluding hydrogens is 258 g/mol. The largest absolute Gasteiger partial charge is 0.497 e. The van der Waals surface area contributed by atoms with Crippen LogP contribution in [0.15, 0.2) is 18.2 Å². The number of benzene rings is 1. The molecule has 1 aliphatic heterocycles. The van der Waals surface area contributed by atoms with Crippen molar-refractivity contribution in [2.24, 2.45) is 0 Å². The quantitative estimate of drug-likeness (QED) is 0.863. The van der Waals surface area contributed by atoms with E-state index in [2.05, 4.69) is 5.32 Å². The molecule has 5 nitrogen and oxygen atoms in total. The second kappa shape index (κ2) is 6.43. The molecule has 1 unspecified atom stereocenters. The number of hydrogen-bond donors (Lipinski definition) is 1. The lowest BCUT2D eigenvalue weighted by molar-refractivity contribution is -0.137. The van der Waals surface area contributed by atoms with Gasteiger partial charge in [0.2, 0.25) is 0 Å². The Morgan fingerprint density at radius 3 is 2.70 bits per heavy atom. The van der Waals surface area contributed by atoms with Crippen LogP contribution in [-0.4, -0.2) is 39.3 Å². The first-order valence-electron chi connectivity index (χ1n) is 6.77. The third-order valence-electron chi connectivity index (χ3n) is 3.24. The van der Waals surface area contributed by atoms with E-state index in [1.54, 1.807) is 14.2 Å². The zero-order valence-corrected chi connectivity index (χ0v) is 12.6. The summed E-state index contributed by atoms with van der Waals surface area (Å²) in [6, 6.07) is 5.77. The van der Waals surface area contributed by atoms with E-state index < -0.39 is 5.79 Å². The summed E-state index contributed by atoms with van der Waals surface area (Å²) in [6.07, 6.45) is 0.0848. The van der Waals surface area contributed by atoms with Crippen molar-refractivity contribution in [2.45, 2.75) is 32.3 Å². The van der Waals surface area contributed by atoms with E-state index in [-0.39, 0.29) is 6.10 Å². The molecule has 1 aliphatic rings. The average molecular weight is 281 g/mol. The van der Waals surface area contributed by atoms with E-state index >= 15 is 0 Å². The summed E-state index contributed by atoms with van der Waals surface area (Å²) in [4.78, 5) is 0. The molecule has 20 heavy (non-hydrogen) atoms. The molecule has 1 saturated heterocycles. The lowest BCUT2D eigenvalue weighted by Crippen LogP contribution is -2.30. The molecule has 1 aromatic rings.